The zero-order chi connectivity index (χ0) is 9.90. The van der Waals surface area contributed by atoms with Crippen molar-refractivity contribution in [2.24, 2.45) is 0 Å². The van der Waals surface area contributed by atoms with Gasteiger partial charge < -0.3 is 15.3 Å². The molecule has 0 fully saturated rings. The van der Waals surface area contributed by atoms with Gasteiger partial charge in [0.05, 0.1) is 0 Å². The van der Waals surface area contributed by atoms with Crippen molar-refractivity contribution in [1.82, 2.24) is 0 Å². The quantitative estimate of drug-likeness (QED) is 0.590. The second-order valence-electron chi connectivity index (χ2n) is 2.76. The number of hydrogen-bond acceptors (Lipinski definition) is 3. The first-order valence-corrected chi connectivity index (χ1v) is 3.94. The van der Waals surface area contributed by atoms with E-state index in [0.717, 1.165) is 5.56 Å². The van der Waals surface area contributed by atoms with E-state index in [9.17, 15) is 0 Å². The molecule has 0 unspecified atom stereocenters. The minimum absolute atomic E-state index is 0.0563. The van der Waals surface area contributed by atoms with Gasteiger partial charge in [0.1, 0.15) is 0 Å². The second kappa shape index (κ2) is 3.70. The summed E-state index contributed by atoms with van der Waals surface area (Å²) in [5.41, 5.74) is 0.997. The summed E-state index contributed by atoms with van der Waals surface area (Å²) >= 11 is 0. The molecule has 0 aromatic heterocycles. The average Bonchev–Trinajstić information content (AvgIpc) is 2.04. The second-order valence-corrected chi connectivity index (χ2v) is 2.76. The highest BCUT2D eigenvalue weighted by Gasteiger charge is 2.20. The summed E-state index contributed by atoms with van der Waals surface area (Å²) < 4.78 is 0. The van der Waals surface area contributed by atoms with Gasteiger partial charge >= 0.3 is 5.97 Å². The molecule has 3 heteroatoms. The van der Waals surface area contributed by atoms with Crippen LogP contribution in [0.3, 0.4) is 0 Å². The molecule has 0 radical (unpaired) electrons. The summed E-state index contributed by atoms with van der Waals surface area (Å²) in [7, 11) is 0. The minimum atomic E-state index is -2.74. The lowest BCUT2D eigenvalue weighted by atomic mass is 10.1. The van der Waals surface area contributed by atoms with Crippen LogP contribution in [0, 0.1) is 0 Å². The molecule has 0 heterocycles. The lowest BCUT2D eigenvalue weighted by Crippen LogP contribution is -2.23. The SMILES string of the molecule is C/C=C/c1ccc(C(O)(O)O)cc1. The van der Waals surface area contributed by atoms with Gasteiger partial charge in [-0.3, -0.25) is 0 Å². The minimum Gasteiger partial charge on any atom is -0.340 e. The van der Waals surface area contributed by atoms with Gasteiger partial charge in [-0.2, -0.15) is 0 Å². The summed E-state index contributed by atoms with van der Waals surface area (Å²) in [5, 5.41) is 26.4. The van der Waals surface area contributed by atoms with E-state index in [4.69, 9.17) is 15.3 Å². The van der Waals surface area contributed by atoms with E-state index < -0.39 is 5.97 Å². The van der Waals surface area contributed by atoms with Crippen molar-refractivity contribution in [3.05, 3.63) is 41.5 Å². The maximum Gasteiger partial charge on any atom is 0.304 e. The van der Waals surface area contributed by atoms with Crippen molar-refractivity contribution in [2.75, 3.05) is 0 Å². The molecule has 13 heavy (non-hydrogen) atoms. The van der Waals surface area contributed by atoms with Crippen molar-refractivity contribution >= 4 is 6.08 Å². The van der Waals surface area contributed by atoms with E-state index >= 15 is 0 Å². The van der Waals surface area contributed by atoms with Crippen molar-refractivity contribution in [3.63, 3.8) is 0 Å². The summed E-state index contributed by atoms with van der Waals surface area (Å²) in [6.07, 6.45) is 3.75. The maximum atomic E-state index is 8.80. The molecule has 1 aromatic rings. The van der Waals surface area contributed by atoms with Crippen molar-refractivity contribution in [1.29, 1.82) is 0 Å². The van der Waals surface area contributed by atoms with Crippen LogP contribution in [0.1, 0.15) is 18.1 Å². The van der Waals surface area contributed by atoms with Gasteiger partial charge in [0.2, 0.25) is 0 Å². The lowest BCUT2D eigenvalue weighted by molar-refractivity contribution is -0.323. The van der Waals surface area contributed by atoms with E-state index in [2.05, 4.69) is 0 Å². The third kappa shape index (κ3) is 2.66. The molecule has 0 amide bonds. The number of aliphatic hydroxyl groups is 3. The molecule has 70 valence electrons. The highest BCUT2D eigenvalue weighted by atomic mass is 16.7. The van der Waals surface area contributed by atoms with E-state index in [1.807, 2.05) is 19.1 Å². The Labute approximate surface area is 76.6 Å². The van der Waals surface area contributed by atoms with Crippen molar-refractivity contribution in [2.45, 2.75) is 12.9 Å². The lowest BCUT2D eigenvalue weighted by Gasteiger charge is -2.13. The molecule has 0 spiro atoms. The highest BCUT2D eigenvalue weighted by molar-refractivity contribution is 5.49. The monoisotopic (exact) mass is 180 g/mol. The summed E-state index contributed by atoms with van der Waals surface area (Å²) in [6.45, 7) is 1.89. The van der Waals surface area contributed by atoms with Gasteiger partial charge in [-0.05, 0) is 12.5 Å². The first-order valence-electron chi connectivity index (χ1n) is 3.94. The largest absolute Gasteiger partial charge is 0.340 e. The Morgan fingerprint density at radius 3 is 2.00 bits per heavy atom. The summed E-state index contributed by atoms with van der Waals surface area (Å²) in [5.74, 6) is -2.74. The summed E-state index contributed by atoms with van der Waals surface area (Å²) in [4.78, 5) is 0. The van der Waals surface area contributed by atoms with E-state index in [0.29, 0.717) is 0 Å². The highest BCUT2D eigenvalue weighted by Crippen LogP contribution is 2.15. The van der Waals surface area contributed by atoms with Crippen LogP contribution in [0.5, 0.6) is 0 Å². The van der Waals surface area contributed by atoms with Gasteiger partial charge in [0, 0.05) is 5.56 Å². The van der Waals surface area contributed by atoms with E-state index in [1.165, 1.54) is 12.1 Å². The zero-order valence-corrected chi connectivity index (χ0v) is 7.31. The smallest absolute Gasteiger partial charge is 0.304 e. The Kier molecular flexibility index (Phi) is 2.83. The molecule has 0 atom stereocenters. The summed E-state index contributed by atoms with van der Waals surface area (Å²) in [6, 6.07) is 6.28. The fraction of sp³-hybridized carbons (Fsp3) is 0.200. The molecule has 1 rings (SSSR count). The van der Waals surface area contributed by atoms with Crippen LogP contribution in [0.25, 0.3) is 6.08 Å². The van der Waals surface area contributed by atoms with Crippen LogP contribution in [-0.2, 0) is 5.97 Å². The predicted octanol–water partition coefficient (Wildman–Crippen LogP) is 0.807. The van der Waals surface area contributed by atoms with E-state index in [1.54, 1.807) is 12.1 Å². The Hall–Kier alpha value is -1.16. The van der Waals surface area contributed by atoms with E-state index in [-0.39, 0.29) is 5.56 Å². The fourth-order valence-corrected chi connectivity index (χ4v) is 1.01. The van der Waals surface area contributed by atoms with Crippen LogP contribution < -0.4 is 0 Å². The Morgan fingerprint density at radius 2 is 1.62 bits per heavy atom. The number of allylic oxidation sites excluding steroid dienone is 1. The molecule has 1 aromatic carbocycles. The average molecular weight is 180 g/mol. The molecule has 0 saturated carbocycles. The zero-order valence-electron chi connectivity index (χ0n) is 7.31. The number of benzene rings is 1. The molecular formula is C10H12O3. The van der Waals surface area contributed by atoms with Crippen LogP contribution >= 0.6 is 0 Å². The van der Waals surface area contributed by atoms with Crippen LogP contribution in [0.4, 0.5) is 0 Å². The topological polar surface area (TPSA) is 60.7 Å². The van der Waals surface area contributed by atoms with Gasteiger partial charge in [-0.15, -0.1) is 0 Å². The fourth-order valence-electron chi connectivity index (χ4n) is 1.01. The number of hydrogen-bond donors (Lipinski definition) is 3. The Bertz CT molecular complexity index is 293. The third-order valence-corrected chi connectivity index (χ3v) is 1.66. The van der Waals surface area contributed by atoms with Crippen LogP contribution in [0.2, 0.25) is 0 Å². The van der Waals surface area contributed by atoms with Gasteiger partial charge in [-0.25, -0.2) is 0 Å². The van der Waals surface area contributed by atoms with Gasteiger partial charge in [0.25, 0.3) is 0 Å². The first kappa shape index (κ1) is 9.92. The third-order valence-electron chi connectivity index (χ3n) is 1.66. The van der Waals surface area contributed by atoms with Crippen molar-refractivity contribution in [3.8, 4) is 0 Å². The molecular weight excluding hydrogens is 168 g/mol. The molecule has 3 nitrogen and oxygen atoms in total. The predicted molar refractivity (Wildman–Crippen MR) is 49.5 cm³/mol. The normalized spacial score (nSPS) is 12.3. The van der Waals surface area contributed by atoms with Gasteiger partial charge in [0.15, 0.2) is 0 Å². The van der Waals surface area contributed by atoms with Crippen molar-refractivity contribution < 1.29 is 15.3 Å². The number of rotatable bonds is 2. The van der Waals surface area contributed by atoms with Crippen LogP contribution in [-0.4, -0.2) is 15.3 Å². The molecule has 0 bridgehead atoms. The van der Waals surface area contributed by atoms with Gasteiger partial charge in [-0.1, -0.05) is 36.4 Å². The molecule has 0 aliphatic carbocycles. The Balaban J connectivity index is 2.94. The molecule has 0 aliphatic heterocycles. The molecule has 0 saturated heterocycles. The molecule has 3 N–H and O–H groups in total. The Morgan fingerprint density at radius 1 is 1.08 bits per heavy atom. The maximum absolute atomic E-state index is 8.80. The first-order chi connectivity index (χ1) is 6.04. The molecule has 0 aliphatic rings. The van der Waals surface area contributed by atoms with Crippen LogP contribution in [0.15, 0.2) is 30.3 Å². The standard InChI is InChI=1S/C10H12O3/c1-2-3-8-4-6-9(7-5-8)10(11,12)13/h2-7,11-13H,1H3/b3-2+.